The first-order valence-corrected chi connectivity index (χ1v) is 8.71. The molecule has 0 atom stereocenters. The topological polar surface area (TPSA) is 53.9 Å². The zero-order chi connectivity index (χ0) is 17.1. The van der Waals surface area contributed by atoms with E-state index in [1.807, 2.05) is 54.6 Å². The molecule has 126 valence electrons. The Labute approximate surface area is 151 Å². The van der Waals surface area contributed by atoms with Crippen LogP contribution >= 0.6 is 11.6 Å². The third-order valence-corrected chi connectivity index (χ3v) is 4.49. The van der Waals surface area contributed by atoms with Crippen molar-refractivity contribution in [2.45, 2.75) is 0 Å². The highest BCUT2D eigenvalue weighted by Gasteiger charge is 2.20. The molecule has 0 spiro atoms. The Morgan fingerprint density at radius 3 is 2.28 bits per heavy atom. The molecule has 2 heterocycles. The molecule has 2 aromatic carbocycles. The molecule has 5 nitrogen and oxygen atoms in total. The summed E-state index contributed by atoms with van der Waals surface area (Å²) in [6, 6.07) is 17.6. The molecule has 1 aliphatic rings. The lowest BCUT2D eigenvalue weighted by Gasteiger charge is -2.29. The molecule has 0 bridgehead atoms. The minimum absolute atomic E-state index is 0.616. The van der Waals surface area contributed by atoms with Crippen molar-refractivity contribution >= 4 is 17.4 Å². The number of hydrogen-bond donors (Lipinski definition) is 1. The fraction of sp³-hybridized carbons (Fsp3) is 0.211. The van der Waals surface area contributed by atoms with Gasteiger partial charge in [-0.25, -0.2) is 4.98 Å². The second-order valence-electron chi connectivity index (χ2n) is 5.92. The standard InChI is InChI=1S/C19H18ClN5/c20-16-8-6-15(7-9-16)18-22-19(25-12-10-21-11-13-25)17(23-24-18)14-4-2-1-3-5-14/h1-9,21H,10-13H2. The maximum Gasteiger partial charge on any atom is 0.183 e. The Hall–Kier alpha value is -2.50. The number of nitrogens with one attached hydrogen (secondary N) is 1. The van der Waals surface area contributed by atoms with Gasteiger partial charge in [-0.1, -0.05) is 41.9 Å². The summed E-state index contributed by atoms with van der Waals surface area (Å²) in [5.41, 5.74) is 2.76. The summed E-state index contributed by atoms with van der Waals surface area (Å²) in [6.45, 7) is 3.68. The van der Waals surface area contributed by atoms with Crippen molar-refractivity contribution in [2.24, 2.45) is 0 Å². The average molecular weight is 352 g/mol. The summed E-state index contributed by atoms with van der Waals surface area (Å²) in [6.07, 6.45) is 0. The Balaban J connectivity index is 1.80. The van der Waals surface area contributed by atoms with Crippen molar-refractivity contribution in [3.8, 4) is 22.6 Å². The summed E-state index contributed by atoms with van der Waals surface area (Å²) < 4.78 is 0. The molecule has 25 heavy (non-hydrogen) atoms. The number of halogens is 1. The van der Waals surface area contributed by atoms with Crippen LogP contribution in [-0.4, -0.2) is 41.4 Å². The van der Waals surface area contributed by atoms with Crippen LogP contribution in [0, 0.1) is 0 Å². The Bertz CT molecular complexity index is 845. The fourth-order valence-electron chi connectivity index (χ4n) is 2.92. The van der Waals surface area contributed by atoms with Crippen molar-refractivity contribution in [3.05, 3.63) is 59.6 Å². The Morgan fingerprint density at radius 1 is 0.840 bits per heavy atom. The van der Waals surface area contributed by atoms with Crippen LogP contribution in [-0.2, 0) is 0 Å². The van der Waals surface area contributed by atoms with Crippen LogP contribution in [0.3, 0.4) is 0 Å². The van der Waals surface area contributed by atoms with Gasteiger partial charge in [0, 0.05) is 42.3 Å². The normalized spacial score (nSPS) is 14.5. The van der Waals surface area contributed by atoms with Crippen LogP contribution in [0.25, 0.3) is 22.6 Å². The highest BCUT2D eigenvalue weighted by Crippen LogP contribution is 2.29. The smallest absolute Gasteiger partial charge is 0.183 e. The number of piperazine rings is 1. The first-order chi connectivity index (χ1) is 12.3. The largest absolute Gasteiger partial charge is 0.352 e. The Kier molecular flexibility index (Phi) is 4.59. The molecule has 0 unspecified atom stereocenters. The molecule has 1 fully saturated rings. The first-order valence-electron chi connectivity index (χ1n) is 8.33. The van der Waals surface area contributed by atoms with E-state index in [0.29, 0.717) is 10.8 Å². The van der Waals surface area contributed by atoms with Crippen molar-refractivity contribution in [1.29, 1.82) is 0 Å². The van der Waals surface area contributed by atoms with E-state index in [1.165, 1.54) is 0 Å². The number of aromatic nitrogens is 3. The first kappa shape index (κ1) is 16.0. The molecular formula is C19H18ClN5. The van der Waals surface area contributed by atoms with Crippen LogP contribution in [0.5, 0.6) is 0 Å². The summed E-state index contributed by atoms with van der Waals surface area (Å²) in [7, 11) is 0. The molecule has 4 rings (SSSR count). The van der Waals surface area contributed by atoms with E-state index in [9.17, 15) is 0 Å². The van der Waals surface area contributed by atoms with Gasteiger partial charge in [-0.3, -0.25) is 0 Å². The lowest BCUT2D eigenvalue weighted by atomic mass is 10.1. The van der Waals surface area contributed by atoms with Gasteiger partial charge in [0.15, 0.2) is 11.6 Å². The van der Waals surface area contributed by atoms with Crippen LogP contribution in [0.15, 0.2) is 54.6 Å². The van der Waals surface area contributed by atoms with Gasteiger partial charge in [0.05, 0.1) is 0 Å². The quantitative estimate of drug-likeness (QED) is 0.785. The summed E-state index contributed by atoms with van der Waals surface area (Å²) in [5, 5.41) is 12.9. The van der Waals surface area contributed by atoms with Crippen LogP contribution in [0.2, 0.25) is 5.02 Å². The number of nitrogens with zero attached hydrogens (tertiary/aromatic N) is 4. The zero-order valence-corrected chi connectivity index (χ0v) is 14.4. The van der Waals surface area contributed by atoms with Gasteiger partial charge in [0.25, 0.3) is 0 Å². The monoisotopic (exact) mass is 351 g/mol. The van der Waals surface area contributed by atoms with Gasteiger partial charge in [-0.2, -0.15) is 0 Å². The van der Waals surface area contributed by atoms with E-state index in [0.717, 1.165) is 48.8 Å². The van der Waals surface area contributed by atoms with Crippen molar-refractivity contribution in [1.82, 2.24) is 20.5 Å². The predicted octanol–water partition coefficient (Wildman–Crippen LogP) is 3.27. The molecular weight excluding hydrogens is 334 g/mol. The van der Waals surface area contributed by atoms with E-state index < -0.39 is 0 Å². The van der Waals surface area contributed by atoms with Gasteiger partial charge in [-0.05, 0) is 24.3 Å². The van der Waals surface area contributed by atoms with Gasteiger partial charge in [0.2, 0.25) is 0 Å². The van der Waals surface area contributed by atoms with Crippen LogP contribution in [0.1, 0.15) is 0 Å². The zero-order valence-electron chi connectivity index (χ0n) is 13.7. The van der Waals surface area contributed by atoms with Gasteiger partial charge < -0.3 is 10.2 Å². The minimum Gasteiger partial charge on any atom is -0.352 e. The molecule has 1 saturated heterocycles. The SMILES string of the molecule is Clc1ccc(-c2nnc(-c3ccccc3)c(N3CCNCC3)n2)cc1. The van der Waals surface area contributed by atoms with Gasteiger partial charge in [0.1, 0.15) is 5.69 Å². The summed E-state index contributed by atoms with van der Waals surface area (Å²) in [5.74, 6) is 1.50. The second kappa shape index (κ2) is 7.17. The fourth-order valence-corrected chi connectivity index (χ4v) is 3.04. The maximum absolute atomic E-state index is 5.99. The van der Waals surface area contributed by atoms with Crippen molar-refractivity contribution in [3.63, 3.8) is 0 Å². The molecule has 0 aliphatic carbocycles. The average Bonchev–Trinajstić information content (AvgIpc) is 2.69. The molecule has 1 aliphatic heterocycles. The van der Waals surface area contributed by atoms with E-state index in [4.69, 9.17) is 16.6 Å². The maximum atomic E-state index is 5.99. The summed E-state index contributed by atoms with van der Waals surface area (Å²) >= 11 is 5.99. The van der Waals surface area contributed by atoms with E-state index in [2.05, 4.69) is 20.4 Å². The second-order valence-corrected chi connectivity index (χ2v) is 6.35. The van der Waals surface area contributed by atoms with E-state index in [-0.39, 0.29) is 0 Å². The highest BCUT2D eigenvalue weighted by molar-refractivity contribution is 6.30. The van der Waals surface area contributed by atoms with Gasteiger partial charge >= 0.3 is 0 Å². The molecule has 3 aromatic rings. The molecule has 1 aromatic heterocycles. The van der Waals surface area contributed by atoms with Crippen LogP contribution in [0.4, 0.5) is 5.82 Å². The minimum atomic E-state index is 0.616. The van der Waals surface area contributed by atoms with Gasteiger partial charge in [-0.15, -0.1) is 10.2 Å². The van der Waals surface area contributed by atoms with E-state index in [1.54, 1.807) is 0 Å². The molecule has 0 radical (unpaired) electrons. The molecule has 0 amide bonds. The van der Waals surface area contributed by atoms with E-state index >= 15 is 0 Å². The molecule has 1 N–H and O–H groups in total. The number of rotatable bonds is 3. The Morgan fingerprint density at radius 2 is 1.56 bits per heavy atom. The molecule has 0 saturated carbocycles. The van der Waals surface area contributed by atoms with Crippen molar-refractivity contribution < 1.29 is 0 Å². The summed E-state index contributed by atoms with van der Waals surface area (Å²) in [4.78, 5) is 7.12. The van der Waals surface area contributed by atoms with Crippen molar-refractivity contribution in [2.75, 3.05) is 31.1 Å². The molecule has 6 heteroatoms. The van der Waals surface area contributed by atoms with Crippen LogP contribution < -0.4 is 10.2 Å². The number of benzene rings is 2. The predicted molar refractivity (Wildman–Crippen MR) is 101 cm³/mol. The third-order valence-electron chi connectivity index (χ3n) is 4.23. The third kappa shape index (κ3) is 3.48. The number of hydrogen-bond acceptors (Lipinski definition) is 5. The lowest BCUT2D eigenvalue weighted by molar-refractivity contribution is 0.584. The lowest BCUT2D eigenvalue weighted by Crippen LogP contribution is -2.44. The number of anilines is 1. The highest BCUT2D eigenvalue weighted by atomic mass is 35.5.